The van der Waals surface area contributed by atoms with Gasteiger partial charge in [-0.3, -0.25) is 0 Å². The summed E-state index contributed by atoms with van der Waals surface area (Å²) in [6, 6.07) is 22.2. The van der Waals surface area contributed by atoms with Crippen LogP contribution in [0, 0.1) is 0 Å². The van der Waals surface area contributed by atoms with Crippen molar-refractivity contribution in [2.45, 2.75) is 64.7 Å². The molecule has 0 atom stereocenters. The zero-order valence-electron chi connectivity index (χ0n) is 18.8. The molecule has 0 N–H and O–H groups in total. The van der Waals surface area contributed by atoms with Gasteiger partial charge in [-0.15, -0.1) is 0 Å². The molecule has 0 amide bonds. The number of rotatable bonds is 1. The second-order valence-electron chi connectivity index (χ2n) is 10.6. The van der Waals surface area contributed by atoms with Crippen molar-refractivity contribution in [2.75, 3.05) is 0 Å². The summed E-state index contributed by atoms with van der Waals surface area (Å²) < 4.78 is 0. The van der Waals surface area contributed by atoms with Crippen LogP contribution in [0.2, 0.25) is 0 Å². The predicted octanol–water partition coefficient (Wildman–Crippen LogP) is 7.97. The molecule has 0 spiro atoms. The summed E-state index contributed by atoms with van der Waals surface area (Å²) in [6.45, 7) is 11.7. The first kappa shape index (κ1) is 19.3. The number of benzene rings is 3. The van der Waals surface area contributed by atoms with Crippen molar-refractivity contribution in [1.82, 2.24) is 4.98 Å². The first-order valence-corrected chi connectivity index (χ1v) is 11.2. The summed E-state index contributed by atoms with van der Waals surface area (Å²) in [6.07, 6.45) is 3.61. The van der Waals surface area contributed by atoms with Crippen LogP contribution in [0.25, 0.3) is 32.9 Å². The zero-order chi connectivity index (χ0) is 21.1. The lowest BCUT2D eigenvalue weighted by molar-refractivity contribution is 0.433. The summed E-state index contributed by atoms with van der Waals surface area (Å²) >= 11 is 0. The Morgan fingerprint density at radius 1 is 0.867 bits per heavy atom. The fourth-order valence-corrected chi connectivity index (χ4v) is 5.38. The zero-order valence-corrected chi connectivity index (χ0v) is 18.8. The van der Waals surface area contributed by atoms with Gasteiger partial charge in [-0.2, -0.15) is 0 Å². The van der Waals surface area contributed by atoms with Crippen molar-refractivity contribution < 1.29 is 0 Å². The number of nitrogens with zero attached hydrogens (tertiary/aromatic N) is 1. The lowest BCUT2D eigenvalue weighted by atomic mass is 9.70. The van der Waals surface area contributed by atoms with Crippen LogP contribution in [0.4, 0.5) is 0 Å². The summed E-state index contributed by atoms with van der Waals surface area (Å²) in [5, 5.41) is 3.99. The number of aryl methyl sites for hydroxylation is 1. The maximum Gasteiger partial charge on any atom is 0.0750 e. The smallest absolute Gasteiger partial charge is 0.0750 e. The van der Waals surface area contributed by atoms with Gasteiger partial charge in [0.05, 0.1) is 11.2 Å². The van der Waals surface area contributed by atoms with Crippen LogP contribution in [0.15, 0.2) is 60.7 Å². The average molecular weight is 394 g/mol. The fourth-order valence-electron chi connectivity index (χ4n) is 5.38. The predicted molar refractivity (Wildman–Crippen MR) is 129 cm³/mol. The van der Waals surface area contributed by atoms with Crippen molar-refractivity contribution in [2.24, 2.45) is 0 Å². The minimum atomic E-state index is 0.0715. The molecule has 1 aromatic heterocycles. The van der Waals surface area contributed by atoms with Gasteiger partial charge in [-0.25, -0.2) is 4.98 Å². The molecule has 3 aromatic carbocycles. The van der Waals surface area contributed by atoms with E-state index in [0.29, 0.717) is 0 Å². The molecular weight excluding hydrogens is 362 g/mol. The molecule has 0 fully saturated rings. The van der Waals surface area contributed by atoms with Crippen LogP contribution in [0.3, 0.4) is 0 Å². The Labute approximate surface area is 180 Å². The molecule has 4 aromatic rings. The molecule has 0 unspecified atom stereocenters. The van der Waals surface area contributed by atoms with E-state index in [2.05, 4.69) is 95.3 Å². The van der Waals surface area contributed by atoms with Crippen LogP contribution in [-0.4, -0.2) is 4.98 Å². The molecule has 0 saturated carbocycles. The minimum absolute atomic E-state index is 0.0715. The Morgan fingerprint density at radius 3 is 2.33 bits per heavy atom. The lowest BCUT2D eigenvalue weighted by Crippen LogP contribution is -2.26. The molecule has 0 saturated heterocycles. The molecule has 1 nitrogen and oxygen atoms in total. The van der Waals surface area contributed by atoms with Crippen LogP contribution in [0.5, 0.6) is 0 Å². The van der Waals surface area contributed by atoms with Gasteiger partial charge in [0.15, 0.2) is 0 Å². The Hall–Kier alpha value is -2.67. The van der Waals surface area contributed by atoms with Gasteiger partial charge in [0.2, 0.25) is 0 Å². The minimum Gasteiger partial charge on any atom is -0.247 e. The Balaban J connectivity index is 1.90. The quantitative estimate of drug-likeness (QED) is 0.319. The highest BCUT2D eigenvalue weighted by Crippen LogP contribution is 2.45. The highest BCUT2D eigenvalue weighted by atomic mass is 14.7. The van der Waals surface area contributed by atoms with Gasteiger partial charge in [0.1, 0.15) is 0 Å². The summed E-state index contributed by atoms with van der Waals surface area (Å²) in [7, 11) is 0. The normalized spacial score (nSPS) is 16.0. The second kappa shape index (κ2) is 6.67. The van der Waals surface area contributed by atoms with Crippen LogP contribution in [-0.2, 0) is 17.3 Å². The average Bonchev–Trinajstić information content (AvgIpc) is 2.71. The third kappa shape index (κ3) is 3.03. The molecule has 1 aliphatic carbocycles. The third-order valence-corrected chi connectivity index (χ3v) is 6.85. The number of fused-ring (bicyclic) bond motifs is 4. The molecular formula is C29H31N. The number of hydrogen-bond donors (Lipinski definition) is 0. The van der Waals surface area contributed by atoms with Crippen molar-refractivity contribution >= 4 is 21.7 Å². The first-order chi connectivity index (χ1) is 14.3. The van der Waals surface area contributed by atoms with Gasteiger partial charge in [-0.05, 0) is 75.8 Å². The first-order valence-electron chi connectivity index (χ1n) is 11.2. The third-order valence-electron chi connectivity index (χ3n) is 6.85. The second-order valence-corrected chi connectivity index (χ2v) is 10.6. The Kier molecular flexibility index (Phi) is 4.29. The SMILES string of the molecule is CC(C)(C)c1cc(-c2nc3ccccc3c3c2C(C)(C)CCC3)cc2ccccc12. The molecule has 0 aliphatic heterocycles. The monoisotopic (exact) mass is 393 g/mol. The fraction of sp³-hybridized carbons (Fsp3) is 0.345. The number of aromatic nitrogens is 1. The van der Waals surface area contributed by atoms with Crippen LogP contribution in [0.1, 0.15) is 64.2 Å². The van der Waals surface area contributed by atoms with Gasteiger partial charge in [0, 0.05) is 10.9 Å². The van der Waals surface area contributed by atoms with Crippen molar-refractivity contribution in [3.8, 4) is 11.3 Å². The summed E-state index contributed by atoms with van der Waals surface area (Å²) in [5.41, 5.74) is 8.14. The Bertz CT molecular complexity index is 1270. The molecule has 1 heterocycles. The highest BCUT2D eigenvalue weighted by Gasteiger charge is 2.33. The number of hydrogen-bond acceptors (Lipinski definition) is 1. The van der Waals surface area contributed by atoms with Gasteiger partial charge < -0.3 is 0 Å². The van der Waals surface area contributed by atoms with E-state index < -0.39 is 0 Å². The number of para-hydroxylation sites is 1. The highest BCUT2D eigenvalue weighted by molar-refractivity contribution is 5.94. The standard InChI is InChI=1S/C29H31N/c1-28(2,3)24-18-20(17-19-11-6-7-12-21(19)24)27-26-23(14-10-16-29(26,4)5)22-13-8-9-15-25(22)30-27/h6-9,11-13,15,17-18H,10,14,16H2,1-5H3. The van der Waals surface area contributed by atoms with E-state index in [4.69, 9.17) is 4.98 Å². The largest absolute Gasteiger partial charge is 0.247 e. The Morgan fingerprint density at radius 2 is 1.57 bits per heavy atom. The maximum atomic E-state index is 5.28. The topological polar surface area (TPSA) is 12.9 Å². The van der Waals surface area contributed by atoms with E-state index in [0.717, 1.165) is 11.9 Å². The van der Waals surface area contributed by atoms with Crippen molar-refractivity contribution in [3.05, 3.63) is 77.4 Å². The van der Waals surface area contributed by atoms with E-state index in [1.165, 1.54) is 56.9 Å². The van der Waals surface area contributed by atoms with Crippen molar-refractivity contribution in [3.63, 3.8) is 0 Å². The van der Waals surface area contributed by atoms with Crippen LogP contribution >= 0.6 is 0 Å². The van der Waals surface area contributed by atoms with E-state index in [1.54, 1.807) is 0 Å². The van der Waals surface area contributed by atoms with Gasteiger partial charge in [-0.1, -0.05) is 77.1 Å². The summed E-state index contributed by atoms with van der Waals surface area (Å²) in [4.78, 5) is 5.28. The molecule has 30 heavy (non-hydrogen) atoms. The van der Waals surface area contributed by atoms with E-state index >= 15 is 0 Å². The lowest BCUT2D eigenvalue weighted by Gasteiger charge is -2.35. The molecule has 5 rings (SSSR count). The van der Waals surface area contributed by atoms with Crippen molar-refractivity contribution in [1.29, 1.82) is 0 Å². The number of pyridine rings is 1. The molecule has 0 radical (unpaired) electrons. The molecule has 0 bridgehead atoms. The van der Waals surface area contributed by atoms with E-state index in [-0.39, 0.29) is 10.8 Å². The van der Waals surface area contributed by atoms with E-state index in [9.17, 15) is 0 Å². The van der Waals surface area contributed by atoms with E-state index in [1.807, 2.05) is 0 Å². The molecule has 1 aliphatic rings. The van der Waals surface area contributed by atoms with Gasteiger partial charge in [0.25, 0.3) is 0 Å². The molecule has 152 valence electrons. The maximum absolute atomic E-state index is 5.28. The summed E-state index contributed by atoms with van der Waals surface area (Å²) in [5.74, 6) is 0. The van der Waals surface area contributed by atoms with Crippen LogP contribution < -0.4 is 0 Å². The molecule has 1 heteroatoms. The van der Waals surface area contributed by atoms with Gasteiger partial charge >= 0.3 is 0 Å².